The molecule has 4 rings (SSSR count). The lowest BCUT2D eigenvalue weighted by atomic mass is 10.2. The van der Waals surface area contributed by atoms with Crippen molar-refractivity contribution in [2.24, 2.45) is 0 Å². The van der Waals surface area contributed by atoms with Crippen molar-refractivity contribution in [2.45, 2.75) is 30.6 Å². The average molecular weight is 397 g/mol. The van der Waals surface area contributed by atoms with Crippen LogP contribution in [0.25, 0.3) is 11.4 Å². The van der Waals surface area contributed by atoms with E-state index in [1.165, 1.54) is 22.7 Å². The van der Waals surface area contributed by atoms with Gasteiger partial charge in [-0.15, -0.1) is 10.2 Å². The monoisotopic (exact) mass is 397 g/mol. The van der Waals surface area contributed by atoms with Crippen molar-refractivity contribution in [1.82, 2.24) is 24.6 Å². The molecule has 0 bridgehead atoms. The quantitative estimate of drug-likeness (QED) is 0.571. The number of thioether (sulfide) groups is 1. The number of hydrogen-bond acceptors (Lipinski definition) is 5. The molecule has 0 radical (unpaired) electrons. The first kappa shape index (κ1) is 18.6. The molecule has 0 atom stereocenters. The molecule has 0 aliphatic heterocycles. The van der Waals surface area contributed by atoms with Crippen molar-refractivity contribution in [3.63, 3.8) is 0 Å². The van der Waals surface area contributed by atoms with Gasteiger partial charge < -0.3 is 4.90 Å². The van der Waals surface area contributed by atoms with Crippen molar-refractivity contribution in [3.05, 3.63) is 60.2 Å². The van der Waals surface area contributed by atoms with Gasteiger partial charge in [0.25, 0.3) is 0 Å². The number of halogens is 1. The molecule has 1 aliphatic rings. The molecule has 1 amide bonds. The van der Waals surface area contributed by atoms with Gasteiger partial charge in [0.2, 0.25) is 5.91 Å². The van der Waals surface area contributed by atoms with Crippen LogP contribution in [0.1, 0.15) is 24.4 Å². The Morgan fingerprint density at radius 2 is 2.07 bits per heavy atom. The van der Waals surface area contributed by atoms with Crippen LogP contribution in [0.3, 0.4) is 0 Å². The van der Waals surface area contributed by atoms with E-state index >= 15 is 0 Å². The van der Waals surface area contributed by atoms with Gasteiger partial charge >= 0.3 is 0 Å². The largest absolute Gasteiger partial charge is 0.341 e. The first-order valence-electron chi connectivity index (χ1n) is 9.09. The van der Waals surface area contributed by atoms with E-state index in [2.05, 4.69) is 19.7 Å². The minimum atomic E-state index is -0.301. The zero-order valence-corrected chi connectivity index (χ0v) is 16.3. The highest BCUT2D eigenvalue weighted by molar-refractivity contribution is 7.99. The predicted molar refractivity (Wildman–Crippen MR) is 105 cm³/mol. The van der Waals surface area contributed by atoms with E-state index in [0.29, 0.717) is 11.6 Å². The minimum Gasteiger partial charge on any atom is -0.341 e. The van der Waals surface area contributed by atoms with Crippen LogP contribution in [0, 0.1) is 5.82 Å². The second kappa shape index (κ2) is 8.10. The number of amides is 1. The van der Waals surface area contributed by atoms with Crippen LogP contribution in [-0.4, -0.2) is 43.4 Å². The summed E-state index contributed by atoms with van der Waals surface area (Å²) in [6, 6.07) is 10.7. The third-order valence-corrected chi connectivity index (χ3v) is 5.54. The van der Waals surface area contributed by atoms with E-state index in [-0.39, 0.29) is 24.0 Å². The van der Waals surface area contributed by atoms with Crippen LogP contribution in [0.15, 0.2) is 53.9 Å². The van der Waals surface area contributed by atoms with E-state index in [0.717, 1.165) is 29.4 Å². The molecule has 3 aromatic rings. The minimum absolute atomic E-state index is 0.0819. The number of carbonyl (C=O) groups is 1. The maximum atomic E-state index is 13.8. The Hall–Kier alpha value is -2.74. The molecule has 0 unspecified atom stereocenters. The topological polar surface area (TPSA) is 63.9 Å². The van der Waals surface area contributed by atoms with Gasteiger partial charge in [0.1, 0.15) is 5.82 Å². The third-order valence-electron chi connectivity index (χ3n) is 4.61. The lowest BCUT2D eigenvalue weighted by molar-refractivity contribution is -0.127. The number of nitrogens with zero attached hydrogens (tertiary/aromatic N) is 5. The smallest absolute Gasteiger partial charge is 0.233 e. The zero-order valence-electron chi connectivity index (χ0n) is 15.5. The highest BCUT2D eigenvalue weighted by Crippen LogP contribution is 2.40. The van der Waals surface area contributed by atoms with Gasteiger partial charge in [-0.1, -0.05) is 30.0 Å². The van der Waals surface area contributed by atoms with E-state index in [9.17, 15) is 9.18 Å². The Labute approximate surface area is 166 Å². The predicted octanol–water partition coefficient (Wildman–Crippen LogP) is 3.56. The molecule has 6 nitrogen and oxygen atoms in total. The Morgan fingerprint density at radius 3 is 2.79 bits per heavy atom. The van der Waals surface area contributed by atoms with Gasteiger partial charge in [-0.25, -0.2) is 4.39 Å². The van der Waals surface area contributed by atoms with Crippen LogP contribution in [0.2, 0.25) is 0 Å². The van der Waals surface area contributed by atoms with Crippen molar-refractivity contribution in [3.8, 4) is 11.4 Å². The molecule has 1 aliphatic carbocycles. The Bertz CT molecular complexity index is 974. The first-order valence-corrected chi connectivity index (χ1v) is 10.1. The Balaban J connectivity index is 1.44. The first-order chi connectivity index (χ1) is 13.6. The molecule has 1 aromatic carbocycles. The van der Waals surface area contributed by atoms with Crippen molar-refractivity contribution in [2.75, 3.05) is 12.8 Å². The summed E-state index contributed by atoms with van der Waals surface area (Å²) in [4.78, 5) is 18.2. The number of aromatic nitrogens is 4. The van der Waals surface area contributed by atoms with E-state index in [4.69, 9.17) is 0 Å². The van der Waals surface area contributed by atoms with Crippen molar-refractivity contribution >= 4 is 17.7 Å². The molecule has 0 N–H and O–H groups in total. The van der Waals surface area contributed by atoms with Gasteiger partial charge in [0.15, 0.2) is 11.0 Å². The van der Waals surface area contributed by atoms with Crippen LogP contribution < -0.4 is 0 Å². The number of hydrogen-bond donors (Lipinski definition) is 0. The SMILES string of the molecule is CN(Cc1ccccc1F)C(=O)CSc1nnc(-c2cccnc2)n1C1CC1. The van der Waals surface area contributed by atoms with Gasteiger partial charge in [-0.2, -0.15) is 0 Å². The molecule has 0 saturated heterocycles. The van der Waals surface area contributed by atoms with E-state index < -0.39 is 0 Å². The van der Waals surface area contributed by atoms with Crippen LogP contribution in [-0.2, 0) is 11.3 Å². The summed E-state index contributed by atoms with van der Waals surface area (Å²) in [6.07, 6.45) is 5.66. The highest BCUT2D eigenvalue weighted by Gasteiger charge is 2.30. The lowest BCUT2D eigenvalue weighted by Gasteiger charge is -2.17. The molecule has 2 heterocycles. The second-order valence-electron chi connectivity index (χ2n) is 6.78. The molecule has 8 heteroatoms. The summed E-state index contributed by atoms with van der Waals surface area (Å²) in [6.45, 7) is 0.238. The summed E-state index contributed by atoms with van der Waals surface area (Å²) < 4.78 is 15.9. The van der Waals surface area contributed by atoms with E-state index in [1.54, 1.807) is 37.6 Å². The molecular weight excluding hydrogens is 377 g/mol. The fourth-order valence-corrected chi connectivity index (χ4v) is 3.88. The summed E-state index contributed by atoms with van der Waals surface area (Å²) in [5, 5.41) is 9.36. The van der Waals surface area contributed by atoms with Gasteiger partial charge in [0.05, 0.1) is 5.75 Å². The number of pyridine rings is 1. The molecule has 144 valence electrons. The molecule has 2 aromatic heterocycles. The van der Waals surface area contributed by atoms with Crippen LogP contribution >= 0.6 is 11.8 Å². The van der Waals surface area contributed by atoms with Crippen molar-refractivity contribution < 1.29 is 9.18 Å². The van der Waals surface area contributed by atoms with Crippen LogP contribution in [0.4, 0.5) is 4.39 Å². The van der Waals surface area contributed by atoms with Crippen LogP contribution in [0.5, 0.6) is 0 Å². The Morgan fingerprint density at radius 1 is 1.25 bits per heavy atom. The number of rotatable bonds is 7. The molecule has 1 saturated carbocycles. The average Bonchev–Trinajstić information content (AvgIpc) is 3.47. The number of benzene rings is 1. The summed E-state index contributed by atoms with van der Waals surface area (Å²) in [5.74, 6) is 0.624. The lowest BCUT2D eigenvalue weighted by Crippen LogP contribution is -2.28. The molecule has 1 fully saturated rings. The fourth-order valence-electron chi connectivity index (χ4n) is 2.94. The normalized spacial score (nSPS) is 13.5. The standard InChI is InChI=1S/C20H20FN5OS/c1-25(12-15-5-2-3-7-17(15)21)18(27)13-28-20-24-23-19(26(20)16-8-9-16)14-6-4-10-22-11-14/h2-7,10-11,16H,8-9,12-13H2,1H3. The highest BCUT2D eigenvalue weighted by atomic mass is 32.2. The van der Waals surface area contributed by atoms with Gasteiger partial charge in [0, 0.05) is 43.2 Å². The Kier molecular flexibility index (Phi) is 5.38. The molecule has 0 spiro atoms. The third kappa shape index (κ3) is 4.06. The zero-order chi connectivity index (χ0) is 19.5. The maximum absolute atomic E-state index is 13.8. The summed E-state index contributed by atoms with van der Waals surface area (Å²) in [5.41, 5.74) is 1.42. The van der Waals surface area contributed by atoms with E-state index in [1.807, 2.05) is 12.1 Å². The maximum Gasteiger partial charge on any atom is 0.233 e. The summed E-state index contributed by atoms with van der Waals surface area (Å²) >= 11 is 1.37. The number of carbonyl (C=O) groups excluding carboxylic acids is 1. The fraction of sp³-hybridized carbons (Fsp3) is 0.300. The summed E-state index contributed by atoms with van der Waals surface area (Å²) in [7, 11) is 1.68. The molecular formula is C20H20FN5OS. The second-order valence-corrected chi connectivity index (χ2v) is 7.72. The van der Waals surface area contributed by atoms with Gasteiger partial charge in [-0.3, -0.25) is 14.3 Å². The van der Waals surface area contributed by atoms with Crippen molar-refractivity contribution in [1.29, 1.82) is 0 Å². The molecule has 28 heavy (non-hydrogen) atoms. The van der Waals surface area contributed by atoms with Gasteiger partial charge in [-0.05, 0) is 31.0 Å².